The lowest BCUT2D eigenvalue weighted by Crippen LogP contribution is -2.18. The van der Waals surface area contributed by atoms with Gasteiger partial charge in [0.15, 0.2) is 0 Å². The maximum atomic E-state index is 11.8. The number of hydrogen-bond donors (Lipinski definition) is 1. The van der Waals surface area contributed by atoms with E-state index in [0.717, 1.165) is 0 Å². The van der Waals surface area contributed by atoms with Gasteiger partial charge >= 0.3 is 6.36 Å². The van der Waals surface area contributed by atoms with Crippen LogP contribution in [0, 0.1) is 0 Å². The van der Waals surface area contributed by atoms with Crippen molar-refractivity contribution in [2.45, 2.75) is 12.9 Å². The summed E-state index contributed by atoms with van der Waals surface area (Å²) in [7, 11) is 1.71. The van der Waals surface area contributed by atoms with Crippen LogP contribution in [0.1, 0.15) is 5.56 Å². The standard InChI is InChI=1S/C11H12Cl2F3NO2/c1-17-6-7-4-8(12)5-9(13)10(7)18-2-3-19-11(14,15)16/h4-5,17H,2-3,6H2,1H3. The highest BCUT2D eigenvalue weighted by Crippen LogP contribution is 2.32. The van der Waals surface area contributed by atoms with Crippen molar-refractivity contribution in [1.82, 2.24) is 5.32 Å². The summed E-state index contributed by atoms with van der Waals surface area (Å²) in [5.74, 6) is 0.297. The van der Waals surface area contributed by atoms with Crippen LogP contribution in [0.3, 0.4) is 0 Å². The summed E-state index contributed by atoms with van der Waals surface area (Å²) in [5.41, 5.74) is 0.659. The van der Waals surface area contributed by atoms with Crippen molar-refractivity contribution in [3.8, 4) is 5.75 Å². The summed E-state index contributed by atoms with van der Waals surface area (Å²) in [6.45, 7) is -0.450. The molecule has 1 aromatic rings. The molecule has 0 radical (unpaired) electrons. The van der Waals surface area contributed by atoms with Gasteiger partial charge in [-0.15, -0.1) is 13.2 Å². The van der Waals surface area contributed by atoms with Crippen LogP contribution in [-0.2, 0) is 11.3 Å². The van der Waals surface area contributed by atoms with Crippen molar-refractivity contribution >= 4 is 23.2 Å². The van der Waals surface area contributed by atoms with E-state index in [1.807, 2.05) is 0 Å². The van der Waals surface area contributed by atoms with Crippen molar-refractivity contribution in [2.24, 2.45) is 0 Å². The fourth-order valence-corrected chi connectivity index (χ4v) is 1.99. The van der Waals surface area contributed by atoms with Gasteiger partial charge in [-0.2, -0.15) is 0 Å². The zero-order valence-corrected chi connectivity index (χ0v) is 11.5. The molecule has 0 heterocycles. The predicted molar refractivity (Wildman–Crippen MR) is 66.7 cm³/mol. The predicted octanol–water partition coefficient (Wildman–Crippen LogP) is 3.63. The van der Waals surface area contributed by atoms with Gasteiger partial charge in [-0.05, 0) is 19.2 Å². The van der Waals surface area contributed by atoms with Crippen molar-refractivity contribution in [3.05, 3.63) is 27.7 Å². The summed E-state index contributed by atoms with van der Waals surface area (Å²) in [4.78, 5) is 0. The molecule has 19 heavy (non-hydrogen) atoms. The van der Waals surface area contributed by atoms with Gasteiger partial charge < -0.3 is 10.1 Å². The Morgan fingerprint density at radius 3 is 2.47 bits per heavy atom. The minimum atomic E-state index is -4.67. The lowest BCUT2D eigenvalue weighted by molar-refractivity contribution is -0.325. The third-order valence-corrected chi connectivity index (χ3v) is 2.55. The fourth-order valence-electron chi connectivity index (χ4n) is 1.40. The second-order valence-electron chi connectivity index (χ2n) is 3.55. The highest BCUT2D eigenvalue weighted by molar-refractivity contribution is 6.35. The summed E-state index contributed by atoms with van der Waals surface area (Å²) in [6.07, 6.45) is -4.67. The molecule has 0 saturated carbocycles. The minimum absolute atomic E-state index is 0.241. The first-order chi connectivity index (χ1) is 8.83. The molecule has 0 spiro atoms. The van der Waals surface area contributed by atoms with Gasteiger partial charge in [-0.25, -0.2) is 0 Å². The molecule has 8 heteroatoms. The number of nitrogens with one attached hydrogen (secondary N) is 1. The van der Waals surface area contributed by atoms with E-state index in [1.54, 1.807) is 13.1 Å². The Balaban J connectivity index is 2.66. The highest BCUT2D eigenvalue weighted by Gasteiger charge is 2.28. The molecule has 0 aliphatic rings. The summed E-state index contributed by atoms with van der Waals surface area (Å²) in [6, 6.07) is 3.09. The molecule has 0 atom stereocenters. The largest absolute Gasteiger partial charge is 0.522 e. The van der Waals surface area contributed by atoms with Crippen LogP contribution in [0.4, 0.5) is 13.2 Å². The molecular weight excluding hydrogens is 306 g/mol. The van der Waals surface area contributed by atoms with E-state index in [9.17, 15) is 13.2 Å². The number of halogens is 5. The fraction of sp³-hybridized carbons (Fsp3) is 0.455. The third-order valence-electron chi connectivity index (χ3n) is 2.05. The summed E-state index contributed by atoms with van der Waals surface area (Å²) < 4.78 is 44.2. The highest BCUT2D eigenvalue weighted by atomic mass is 35.5. The lowest BCUT2D eigenvalue weighted by Gasteiger charge is -2.14. The quantitative estimate of drug-likeness (QED) is 0.813. The average molecular weight is 318 g/mol. The molecule has 0 amide bonds. The molecule has 0 fully saturated rings. The molecule has 1 rings (SSSR count). The Morgan fingerprint density at radius 1 is 1.21 bits per heavy atom. The minimum Gasteiger partial charge on any atom is -0.489 e. The number of hydrogen-bond acceptors (Lipinski definition) is 3. The number of alkyl halides is 3. The average Bonchev–Trinajstić information content (AvgIpc) is 2.25. The zero-order valence-electron chi connectivity index (χ0n) is 9.98. The second-order valence-corrected chi connectivity index (χ2v) is 4.39. The van der Waals surface area contributed by atoms with E-state index in [-0.39, 0.29) is 11.6 Å². The second kappa shape index (κ2) is 7.19. The molecule has 0 aliphatic heterocycles. The maximum Gasteiger partial charge on any atom is 0.522 e. The smallest absolute Gasteiger partial charge is 0.489 e. The van der Waals surface area contributed by atoms with Gasteiger partial charge in [0.1, 0.15) is 12.4 Å². The van der Waals surface area contributed by atoms with Gasteiger partial charge in [-0.3, -0.25) is 4.74 Å². The molecular formula is C11H12Cl2F3NO2. The van der Waals surface area contributed by atoms with E-state index in [4.69, 9.17) is 27.9 Å². The van der Waals surface area contributed by atoms with Crippen LogP contribution < -0.4 is 10.1 Å². The van der Waals surface area contributed by atoms with Crippen LogP contribution in [0.25, 0.3) is 0 Å². The van der Waals surface area contributed by atoms with Crippen LogP contribution in [-0.4, -0.2) is 26.6 Å². The van der Waals surface area contributed by atoms with Gasteiger partial charge in [-0.1, -0.05) is 23.2 Å². The molecule has 0 unspecified atom stereocenters. The van der Waals surface area contributed by atoms with Crippen molar-refractivity contribution in [2.75, 3.05) is 20.3 Å². The Morgan fingerprint density at radius 2 is 1.89 bits per heavy atom. The Labute approximate surface area is 118 Å². The van der Waals surface area contributed by atoms with E-state index < -0.39 is 13.0 Å². The van der Waals surface area contributed by atoms with E-state index in [2.05, 4.69) is 10.1 Å². The van der Waals surface area contributed by atoms with E-state index in [0.29, 0.717) is 22.9 Å². The van der Waals surface area contributed by atoms with Gasteiger partial charge in [0.05, 0.1) is 11.6 Å². The number of ether oxygens (including phenoxy) is 2. The SMILES string of the molecule is CNCc1cc(Cl)cc(Cl)c1OCCOC(F)(F)F. The molecule has 0 saturated heterocycles. The first-order valence-electron chi connectivity index (χ1n) is 5.29. The molecule has 0 aromatic heterocycles. The van der Waals surface area contributed by atoms with Crippen molar-refractivity contribution in [3.63, 3.8) is 0 Å². The first-order valence-corrected chi connectivity index (χ1v) is 6.05. The van der Waals surface area contributed by atoms with Gasteiger partial charge in [0.2, 0.25) is 0 Å². The number of benzene rings is 1. The summed E-state index contributed by atoms with van der Waals surface area (Å²) >= 11 is 11.8. The molecule has 0 bridgehead atoms. The van der Waals surface area contributed by atoms with Crippen LogP contribution >= 0.6 is 23.2 Å². The topological polar surface area (TPSA) is 30.5 Å². The van der Waals surface area contributed by atoms with E-state index >= 15 is 0 Å². The first kappa shape index (κ1) is 16.4. The van der Waals surface area contributed by atoms with Gasteiger partial charge in [0.25, 0.3) is 0 Å². The zero-order chi connectivity index (χ0) is 14.5. The van der Waals surface area contributed by atoms with E-state index in [1.165, 1.54) is 6.07 Å². The van der Waals surface area contributed by atoms with Crippen LogP contribution in [0.15, 0.2) is 12.1 Å². The van der Waals surface area contributed by atoms with Crippen LogP contribution in [0.5, 0.6) is 5.75 Å². The maximum absolute atomic E-state index is 11.8. The van der Waals surface area contributed by atoms with Crippen molar-refractivity contribution < 1.29 is 22.6 Å². The summed E-state index contributed by atoms with van der Waals surface area (Å²) in [5, 5.41) is 3.55. The normalized spacial score (nSPS) is 11.7. The van der Waals surface area contributed by atoms with Crippen LogP contribution in [0.2, 0.25) is 10.0 Å². The Hall–Kier alpha value is -0.690. The molecule has 108 valence electrons. The van der Waals surface area contributed by atoms with Gasteiger partial charge in [0, 0.05) is 17.1 Å². The molecule has 1 N–H and O–H groups in total. The Bertz CT molecular complexity index is 427. The molecule has 0 aliphatic carbocycles. The monoisotopic (exact) mass is 317 g/mol. The third kappa shape index (κ3) is 5.86. The molecule has 1 aromatic carbocycles. The molecule has 3 nitrogen and oxygen atoms in total. The van der Waals surface area contributed by atoms with Crippen molar-refractivity contribution in [1.29, 1.82) is 0 Å². The Kier molecular flexibility index (Phi) is 6.19. The lowest BCUT2D eigenvalue weighted by atomic mass is 10.2. The number of rotatable bonds is 6.